The van der Waals surface area contributed by atoms with Crippen molar-refractivity contribution >= 4 is 35.6 Å². The Hall–Kier alpha value is -5.01. The Morgan fingerprint density at radius 2 is 1.53 bits per heavy atom. The lowest BCUT2D eigenvalue weighted by atomic mass is 9.91. The second-order valence-electron chi connectivity index (χ2n) is 12.5. The zero-order valence-electron chi connectivity index (χ0n) is 27.8. The summed E-state index contributed by atoms with van der Waals surface area (Å²) in [5.74, 6) is -1.32. The van der Waals surface area contributed by atoms with Crippen molar-refractivity contribution in [2.45, 2.75) is 62.5 Å². The Kier molecular flexibility index (Phi) is 11.5. The molecule has 3 N–H and O–H groups in total. The first-order valence-electron chi connectivity index (χ1n) is 16.6. The second-order valence-corrected chi connectivity index (χ2v) is 13.6. The average Bonchev–Trinajstić information content (AvgIpc) is 3.41. The molecule has 2 aliphatic rings. The van der Waals surface area contributed by atoms with Gasteiger partial charge in [-0.05, 0) is 46.5 Å². The van der Waals surface area contributed by atoms with Gasteiger partial charge in [-0.15, -0.1) is 11.8 Å². The van der Waals surface area contributed by atoms with Crippen molar-refractivity contribution in [3.63, 3.8) is 0 Å². The molecule has 0 saturated carbocycles. The number of likely N-dealkylation sites (tertiary alicyclic amines) is 1. The van der Waals surface area contributed by atoms with E-state index in [4.69, 9.17) is 14.2 Å². The number of imide groups is 1. The van der Waals surface area contributed by atoms with Crippen LogP contribution in [0, 0.1) is 5.92 Å². The van der Waals surface area contributed by atoms with Crippen molar-refractivity contribution in [1.29, 1.82) is 0 Å². The maximum absolute atomic E-state index is 13.1. The normalized spacial score (nSPS) is 21.8. The summed E-state index contributed by atoms with van der Waals surface area (Å²) in [6, 6.07) is 29.8. The van der Waals surface area contributed by atoms with Crippen LogP contribution in [-0.2, 0) is 43.6 Å². The van der Waals surface area contributed by atoms with Gasteiger partial charge in [0.05, 0.1) is 37.3 Å². The lowest BCUT2D eigenvalue weighted by Gasteiger charge is -2.41. The Bertz CT molecular complexity index is 1840. The highest BCUT2D eigenvalue weighted by atomic mass is 32.2. The van der Waals surface area contributed by atoms with Crippen LogP contribution in [0.5, 0.6) is 0 Å². The monoisotopic (exact) mass is 710 g/mol. The zero-order valence-corrected chi connectivity index (χ0v) is 28.7. The summed E-state index contributed by atoms with van der Waals surface area (Å²) in [7, 11) is 0. The summed E-state index contributed by atoms with van der Waals surface area (Å²) in [6.07, 6.45) is -2.20. The van der Waals surface area contributed by atoms with Gasteiger partial charge in [0.15, 0.2) is 6.29 Å². The van der Waals surface area contributed by atoms with E-state index in [1.54, 1.807) is 36.0 Å². The van der Waals surface area contributed by atoms with Crippen molar-refractivity contribution in [3.05, 3.63) is 137 Å². The number of aromatic carboxylic acids is 1. The smallest absolute Gasteiger partial charge is 0.408 e. The first-order chi connectivity index (χ1) is 24.7. The molecule has 51 heavy (non-hydrogen) atoms. The van der Waals surface area contributed by atoms with E-state index in [9.17, 15) is 29.4 Å². The number of amides is 3. The lowest BCUT2D eigenvalue weighted by Crippen LogP contribution is -2.41. The first-order valence-corrected chi connectivity index (χ1v) is 17.5. The van der Waals surface area contributed by atoms with Crippen LogP contribution in [0.15, 0.2) is 108 Å². The van der Waals surface area contributed by atoms with E-state index in [0.717, 1.165) is 32.0 Å². The number of aliphatic hydroxyl groups is 1. The number of hydrogen-bond donors (Lipinski definition) is 3. The van der Waals surface area contributed by atoms with Gasteiger partial charge in [-0.1, -0.05) is 85.8 Å². The van der Waals surface area contributed by atoms with E-state index < -0.39 is 36.2 Å². The molecule has 0 aromatic heterocycles. The Labute approximate surface area is 299 Å². The van der Waals surface area contributed by atoms with Crippen LogP contribution in [0.1, 0.15) is 63.9 Å². The molecule has 11 nitrogen and oxygen atoms in total. The van der Waals surface area contributed by atoms with Crippen molar-refractivity contribution in [2.75, 3.05) is 5.75 Å². The van der Waals surface area contributed by atoms with Gasteiger partial charge in [0, 0.05) is 22.1 Å². The summed E-state index contributed by atoms with van der Waals surface area (Å²) in [5.41, 5.74) is 4.23. The van der Waals surface area contributed by atoms with E-state index in [1.165, 1.54) is 0 Å². The van der Waals surface area contributed by atoms with Gasteiger partial charge < -0.3 is 29.7 Å². The molecule has 2 fully saturated rings. The number of hydrogen-bond acceptors (Lipinski definition) is 9. The molecule has 5 atom stereocenters. The number of alkyl carbamates (subject to hydrolysis) is 1. The topological polar surface area (TPSA) is 152 Å². The van der Waals surface area contributed by atoms with Crippen molar-refractivity contribution in [2.24, 2.45) is 5.92 Å². The molecule has 4 aromatic rings. The molecule has 0 radical (unpaired) electrons. The zero-order chi connectivity index (χ0) is 35.9. The molecule has 2 heterocycles. The van der Waals surface area contributed by atoms with Crippen LogP contribution >= 0.6 is 11.8 Å². The highest BCUT2D eigenvalue weighted by Crippen LogP contribution is 2.43. The Morgan fingerprint density at radius 3 is 2.20 bits per heavy atom. The Morgan fingerprint density at radius 1 is 0.863 bits per heavy atom. The van der Waals surface area contributed by atoms with Gasteiger partial charge in [0.2, 0.25) is 5.91 Å². The minimum absolute atomic E-state index is 0.0400. The summed E-state index contributed by atoms with van der Waals surface area (Å²) >= 11 is 1.57. The van der Waals surface area contributed by atoms with Gasteiger partial charge in [-0.3, -0.25) is 14.5 Å². The molecule has 264 valence electrons. The van der Waals surface area contributed by atoms with E-state index >= 15 is 0 Å². The fourth-order valence-corrected chi connectivity index (χ4v) is 7.08. The average molecular weight is 711 g/mol. The maximum atomic E-state index is 13.1. The summed E-state index contributed by atoms with van der Waals surface area (Å²) in [5, 5.41) is 21.3. The van der Waals surface area contributed by atoms with Crippen molar-refractivity contribution in [1.82, 2.24) is 10.2 Å². The molecule has 12 heteroatoms. The Balaban J connectivity index is 1.11. The van der Waals surface area contributed by atoms with E-state index in [0.29, 0.717) is 11.3 Å². The van der Waals surface area contributed by atoms with Gasteiger partial charge in [-0.25, -0.2) is 9.59 Å². The number of aliphatic hydroxyl groups excluding tert-OH is 1. The lowest BCUT2D eigenvalue weighted by molar-refractivity contribution is -0.268. The number of rotatable bonds is 12. The number of carbonyl (C=O) groups excluding carboxylic acids is 3. The molecule has 0 aliphatic carbocycles. The number of thioether (sulfide) groups is 1. The summed E-state index contributed by atoms with van der Waals surface area (Å²) in [6.45, 7) is 2.09. The molecule has 3 amide bonds. The van der Waals surface area contributed by atoms with Crippen LogP contribution in [0.25, 0.3) is 0 Å². The van der Waals surface area contributed by atoms with Crippen LogP contribution in [0.2, 0.25) is 0 Å². The number of benzene rings is 4. The largest absolute Gasteiger partial charge is 0.478 e. The quantitative estimate of drug-likeness (QED) is 0.118. The minimum atomic E-state index is -1.00. The number of nitrogens with zero attached hydrogens (tertiary/aromatic N) is 1. The second kappa shape index (κ2) is 16.3. The maximum Gasteiger partial charge on any atom is 0.408 e. The van der Waals surface area contributed by atoms with Gasteiger partial charge in [-0.2, -0.15) is 0 Å². The molecule has 0 spiro atoms. The fraction of sp³-hybridized carbons (Fsp3) is 0.282. The number of ether oxygens (including phenoxy) is 3. The van der Waals surface area contributed by atoms with E-state index in [-0.39, 0.29) is 49.9 Å². The molecule has 6 rings (SSSR count). The first kappa shape index (κ1) is 35.8. The minimum Gasteiger partial charge on any atom is -0.478 e. The van der Waals surface area contributed by atoms with E-state index in [1.807, 2.05) is 78.9 Å². The molecule has 2 aliphatic heterocycles. The van der Waals surface area contributed by atoms with Crippen LogP contribution in [0.4, 0.5) is 4.79 Å². The third-order valence-corrected chi connectivity index (χ3v) is 10.1. The molecule has 4 aromatic carbocycles. The summed E-state index contributed by atoms with van der Waals surface area (Å²) in [4.78, 5) is 51.6. The van der Waals surface area contributed by atoms with Gasteiger partial charge in [0.1, 0.15) is 12.6 Å². The molecule has 0 bridgehead atoms. The number of carboxylic acids is 1. The SMILES string of the molecule is C[C@H]1[C@@H](CSc2ccc(C(=O)O)cc2)O[C@@H](c2ccc(CN3C(=O)CC(NC(=O)OCc4ccccc4)C3=O)cc2)O[C@H]1c1ccc(CO)cc1. The molecular weight excluding hydrogens is 673 g/mol. The highest BCUT2D eigenvalue weighted by molar-refractivity contribution is 7.99. The predicted octanol–water partition coefficient (Wildman–Crippen LogP) is 6.01. The molecular formula is C39H38N2O9S. The van der Waals surface area contributed by atoms with Gasteiger partial charge >= 0.3 is 12.1 Å². The third-order valence-electron chi connectivity index (χ3n) is 8.98. The number of carbonyl (C=O) groups is 4. The van der Waals surface area contributed by atoms with Gasteiger partial charge in [0.25, 0.3) is 5.91 Å². The van der Waals surface area contributed by atoms with Crippen molar-refractivity contribution in [3.8, 4) is 0 Å². The third kappa shape index (κ3) is 8.84. The van der Waals surface area contributed by atoms with E-state index in [2.05, 4.69) is 12.2 Å². The molecule has 2 saturated heterocycles. The summed E-state index contributed by atoms with van der Waals surface area (Å²) < 4.78 is 18.3. The standard InChI is InChI=1S/C39H38N2O9S/c1-24-33(23-51-31-17-15-29(16-18-31)37(45)46)49-38(50-35(24)28-11-9-26(21-42)10-12-28)30-13-7-25(8-14-30)20-41-34(43)19-32(36(41)44)40-39(47)48-22-27-5-3-2-4-6-27/h2-18,24,32-33,35,38,42H,19-23H2,1H3,(H,40,47)(H,45,46)/t24-,32?,33+,35+,38+/m0/s1. The predicted molar refractivity (Wildman–Crippen MR) is 187 cm³/mol. The van der Waals surface area contributed by atoms with Crippen LogP contribution in [0.3, 0.4) is 0 Å². The molecule has 1 unspecified atom stereocenters. The van der Waals surface area contributed by atoms with Crippen LogP contribution < -0.4 is 5.32 Å². The van der Waals surface area contributed by atoms with Crippen molar-refractivity contribution < 1.29 is 43.6 Å². The highest BCUT2D eigenvalue weighted by Gasteiger charge is 2.40. The number of nitrogens with one attached hydrogen (secondary N) is 1. The number of carboxylic acid groups (broad SMARTS) is 1. The fourth-order valence-electron chi connectivity index (χ4n) is 6.01. The van der Waals surface area contributed by atoms with Crippen LogP contribution in [-0.4, -0.2) is 56.9 Å².